The van der Waals surface area contributed by atoms with E-state index >= 15 is 0 Å². The largest absolute Gasteiger partial charge is 0.481 e. The molecular formula is C12H23N3O3. The van der Waals surface area contributed by atoms with Crippen LogP contribution in [0.25, 0.3) is 0 Å². The number of carboxylic acid groups (broad SMARTS) is 1. The van der Waals surface area contributed by atoms with Gasteiger partial charge < -0.3 is 20.6 Å². The number of amides is 2. The molecule has 2 amide bonds. The van der Waals surface area contributed by atoms with Crippen molar-refractivity contribution >= 4 is 12.0 Å². The molecule has 6 nitrogen and oxygen atoms in total. The van der Waals surface area contributed by atoms with E-state index in [0.717, 1.165) is 25.9 Å². The van der Waals surface area contributed by atoms with Crippen molar-refractivity contribution in [3.63, 3.8) is 0 Å². The Balaban J connectivity index is 2.50. The third-order valence-electron chi connectivity index (χ3n) is 3.22. The Morgan fingerprint density at radius 1 is 1.39 bits per heavy atom. The second-order valence-corrected chi connectivity index (χ2v) is 5.48. The molecule has 1 aliphatic heterocycles. The van der Waals surface area contributed by atoms with Crippen LogP contribution in [0.1, 0.15) is 33.1 Å². The van der Waals surface area contributed by atoms with Gasteiger partial charge in [-0.15, -0.1) is 0 Å². The summed E-state index contributed by atoms with van der Waals surface area (Å²) in [5.74, 6) is -0.912. The van der Waals surface area contributed by atoms with E-state index in [0.29, 0.717) is 0 Å². The molecule has 0 bridgehead atoms. The summed E-state index contributed by atoms with van der Waals surface area (Å²) in [5, 5.41) is 14.8. The van der Waals surface area contributed by atoms with Gasteiger partial charge in [0.1, 0.15) is 0 Å². The molecule has 0 aliphatic carbocycles. The van der Waals surface area contributed by atoms with Crippen LogP contribution in [0.15, 0.2) is 0 Å². The number of piperidine rings is 1. The van der Waals surface area contributed by atoms with Gasteiger partial charge in [-0.25, -0.2) is 4.79 Å². The zero-order chi connectivity index (χ0) is 13.8. The third-order valence-corrected chi connectivity index (χ3v) is 3.22. The fraction of sp³-hybridized carbons (Fsp3) is 0.833. The molecule has 1 saturated heterocycles. The Labute approximate surface area is 108 Å². The third kappa shape index (κ3) is 4.52. The van der Waals surface area contributed by atoms with Crippen LogP contribution in [0.3, 0.4) is 0 Å². The van der Waals surface area contributed by atoms with Gasteiger partial charge in [0.15, 0.2) is 0 Å². The Morgan fingerprint density at radius 3 is 2.44 bits per heavy atom. The molecule has 18 heavy (non-hydrogen) atoms. The fourth-order valence-corrected chi connectivity index (χ4v) is 2.16. The molecule has 0 radical (unpaired) electrons. The van der Waals surface area contributed by atoms with Crippen molar-refractivity contribution in [2.24, 2.45) is 0 Å². The lowest BCUT2D eigenvalue weighted by Crippen LogP contribution is -2.54. The minimum Gasteiger partial charge on any atom is -0.481 e. The van der Waals surface area contributed by atoms with Crippen molar-refractivity contribution in [2.45, 2.75) is 44.7 Å². The number of nitrogens with one attached hydrogen (secondary N) is 2. The van der Waals surface area contributed by atoms with Crippen LogP contribution in [0, 0.1) is 0 Å². The highest BCUT2D eigenvalue weighted by molar-refractivity contribution is 5.76. The maximum absolute atomic E-state index is 12.0. The van der Waals surface area contributed by atoms with Crippen LogP contribution in [-0.4, -0.2) is 53.7 Å². The smallest absolute Gasteiger partial charge is 0.317 e. The lowest BCUT2D eigenvalue weighted by molar-refractivity contribution is -0.138. The fourth-order valence-electron chi connectivity index (χ4n) is 2.16. The first-order valence-electron chi connectivity index (χ1n) is 6.29. The molecule has 0 unspecified atom stereocenters. The maximum Gasteiger partial charge on any atom is 0.317 e. The molecule has 1 rings (SSSR count). The number of carboxylic acids is 1. The molecular weight excluding hydrogens is 234 g/mol. The van der Waals surface area contributed by atoms with Crippen molar-refractivity contribution < 1.29 is 14.7 Å². The van der Waals surface area contributed by atoms with Gasteiger partial charge in [0.2, 0.25) is 0 Å². The summed E-state index contributed by atoms with van der Waals surface area (Å²) >= 11 is 0. The van der Waals surface area contributed by atoms with Crippen LogP contribution in [0.4, 0.5) is 4.79 Å². The minimum absolute atomic E-state index is 0.0845. The molecule has 1 heterocycles. The number of nitrogens with zero attached hydrogens (tertiary/aromatic N) is 1. The lowest BCUT2D eigenvalue weighted by atomic mass is 10.0. The Kier molecular flexibility index (Phi) is 4.95. The van der Waals surface area contributed by atoms with Gasteiger partial charge in [-0.05, 0) is 39.8 Å². The second kappa shape index (κ2) is 6.04. The highest BCUT2D eigenvalue weighted by Crippen LogP contribution is 2.13. The van der Waals surface area contributed by atoms with E-state index in [9.17, 15) is 9.59 Å². The summed E-state index contributed by atoms with van der Waals surface area (Å²) in [7, 11) is 1.77. The van der Waals surface area contributed by atoms with E-state index in [4.69, 9.17) is 5.11 Å². The summed E-state index contributed by atoms with van der Waals surface area (Å²) in [6.45, 7) is 5.27. The molecule has 1 fully saturated rings. The van der Waals surface area contributed by atoms with E-state index in [1.54, 1.807) is 25.8 Å². The zero-order valence-corrected chi connectivity index (χ0v) is 11.3. The number of carbonyl (C=O) groups excluding carboxylic acids is 1. The minimum atomic E-state index is -0.912. The van der Waals surface area contributed by atoms with E-state index < -0.39 is 11.5 Å². The molecule has 1 aliphatic rings. The molecule has 6 heteroatoms. The van der Waals surface area contributed by atoms with Gasteiger partial charge >= 0.3 is 12.0 Å². The van der Waals surface area contributed by atoms with Crippen molar-refractivity contribution in [1.29, 1.82) is 0 Å². The van der Waals surface area contributed by atoms with Crippen molar-refractivity contribution in [3.8, 4) is 0 Å². The van der Waals surface area contributed by atoms with Crippen molar-refractivity contribution in [1.82, 2.24) is 15.5 Å². The van der Waals surface area contributed by atoms with Crippen LogP contribution < -0.4 is 10.6 Å². The quantitative estimate of drug-likeness (QED) is 0.690. The molecule has 0 aromatic carbocycles. The van der Waals surface area contributed by atoms with Crippen molar-refractivity contribution in [2.75, 3.05) is 20.1 Å². The normalized spacial score (nSPS) is 17.3. The highest BCUT2D eigenvalue weighted by Gasteiger charge is 2.28. The van der Waals surface area contributed by atoms with Gasteiger partial charge in [-0.3, -0.25) is 4.79 Å². The summed E-state index contributed by atoms with van der Waals surface area (Å²) in [4.78, 5) is 24.4. The Morgan fingerprint density at radius 2 is 1.94 bits per heavy atom. The van der Waals surface area contributed by atoms with Gasteiger partial charge in [-0.2, -0.15) is 0 Å². The van der Waals surface area contributed by atoms with Gasteiger partial charge in [0.25, 0.3) is 0 Å². The van der Waals surface area contributed by atoms with Crippen LogP contribution in [-0.2, 0) is 4.79 Å². The topological polar surface area (TPSA) is 81.7 Å². The first-order chi connectivity index (χ1) is 8.32. The first kappa shape index (κ1) is 14.8. The van der Waals surface area contributed by atoms with Crippen LogP contribution >= 0.6 is 0 Å². The van der Waals surface area contributed by atoms with Gasteiger partial charge in [0.05, 0.1) is 6.42 Å². The highest BCUT2D eigenvalue weighted by atomic mass is 16.4. The first-order valence-corrected chi connectivity index (χ1v) is 6.29. The molecule has 0 aromatic heterocycles. The monoisotopic (exact) mass is 257 g/mol. The second-order valence-electron chi connectivity index (χ2n) is 5.48. The van der Waals surface area contributed by atoms with Gasteiger partial charge in [-0.1, -0.05) is 0 Å². The summed E-state index contributed by atoms with van der Waals surface area (Å²) in [6.07, 6.45) is 1.78. The van der Waals surface area contributed by atoms with Crippen LogP contribution in [0.5, 0.6) is 0 Å². The van der Waals surface area contributed by atoms with E-state index in [1.807, 2.05) is 0 Å². The number of aliphatic carboxylic acids is 1. The van der Waals surface area contributed by atoms with Crippen molar-refractivity contribution in [3.05, 3.63) is 0 Å². The molecule has 0 saturated carbocycles. The molecule has 0 atom stereocenters. The van der Waals surface area contributed by atoms with Crippen LogP contribution in [0.2, 0.25) is 0 Å². The van der Waals surface area contributed by atoms with Gasteiger partial charge in [0, 0.05) is 18.6 Å². The number of hydrogen-bond donors (Lipinski definition) is 3. The Bertz CT molecular complexity index is 312. The predicted molar refractivity (Wildman–Crippen MR) is 68.5 cm³/mol. The standard InChI is InChI=1S/C12H23N3O3/c1-12(2,8-10(16)17)14-11(18)15(3)9-4-6-13-7-5-9/h9,13H,4-8H2,1-3H3,(H,14,18)(H,16,17). The molecule has 3 N–H and O–H groups in total. The average Bonchev–Trinajstić information content (AvgIpc) is 2.26. The maximum atomic E-state index is 12.0. The van der Waals surface area contributed by atoms with E-state index in [1.165, 1.54) is 0 Å². The lowest BCUT2D eigenvalue weighted by Gasteiger charge is -2.34. The molecule has 0 spiro atoms. The molecule has 104 valence electrons. The van der Waals surface area contributed by atoms with E-state index in [2.05, 4.69) is 10.6 Å². The Hall–Kier alpha value is -1.30. The molecule has 0 aromatic rings. The predicted octanol–water partition coefficient (Wildman–Crippen LogP) is 0.633. The summed E-state index contributed by atoms with van der Waals surface area (Å²) in [6, 6.07) is 0.0278. The summed E-state index contributed by atoms with van der Waals surface area (Å²) < 4.78 is 0. The number of carbonyl (C=O) groups is 2. The number of rotatable bonds is 4. The van der Waals surface area contributed by atoms with E-state index in [-0.39, 0.29) is 18.5 Å². The number of hydrogen-bond acceptors (Lipinski definition) is 3. The average molecular weight is 257 g/mol. The summed E-state index contributed by atoms with van der Waals surface area (Å²) in [5.41, 5.74) is -0.732. The SMILES string of the molecule is CN(C(=O)NC(C)(C)CC(=O)O)C1CCNCC1. The number of urea groups is 1. The zero-order valence-electron chi connectivity index (χ0n) is 11.3.